The fraction of sp³-hybridized carbons (Fsp3) is 0.241. The second kappa shape index (κ2) is 9.60. The number of fused-ring (bicyclic) bond motifs is 1. The second-order valence-electron chi connectivity index (χ2n) is 9.98. The molecule has 2 fully saturated rings. The standard InChI is InChI=1S/C29H23F3N2O6/c1-15(35)17-7-9-20(10-8-17)34-25(37)22-23(26(34)38)28(27(39)40,14-16-5-11-21(36)12-6-16)33-24(22)18-3-2-4-19(13-18)29(30,31)32/h2-13,22-24,33,36H,14H2,1H3,(H,39,40). The van der Waals surface area contributed by atoms with Gasteiger partial charge in [-0.3, -0.25) is 24.5 Å². The molecule has 11 heteroatoms. The minimum Gasteiger partial charge on any atom is -0.508 e. The molecule has 2 amide bonds. The zero-order valence-electron chi connectivity index (χ0n) is 21.0. The number of ketones is 1. The highest BCUT2D eigenvalue weighted by atomic mass is 19.4. The molecule has 0 radical (unpaired) electrons. The summed E-state index contributed by atoms with van der Waals surface area (Å²) in [7, 11) is 0. The summed E-state index contributed by atoms with van der Waals surface area (Å²) < 4.78 is 40.6. The van der Waals surface area contributed by atoms with Crippen molar-refractivity contribution in [2.45, 2.75) is 31.1 Å². The smallest absolute Gasteiger partial charge is 0.416 e. The number of carbonyl (C=O) groups is 4. The van der Waals surface area contributed by atoms with Crippen LogP contribution in [0.3, 0.4) is 0 Å². The molecule has 40 heavy (non-hydrogen) atoms. The molecule has 0 saturated carbocycles. The van der Waals surface area contributed by atoms with Gasteiger partial charge in [-0.25, -0.2) is 4.90 Å². The van der Waals surface area contributed by atoms with Crippen LogP contribution in [0.25, 0.3) is 0 Å². The number of hydrogen-bond donors (Lipinski definition) is 3. The summed E-state index contributed by atoms with van der Waals surface area (Å²) >= 11 is 0. The van der Waals surface area contributed by atoms with Crippen molar-refractivity contribution in [2.24, 2.45) is 11.8 Å². The number of phenolic OH excluding ortho intramolecular Hbond substituents is 1. The van der Waals surface area contributed by atoms with E-state index in [9.17, 15) is 42.6 Å². The normalized spacial score (nSPS) is 24.3. The van der Waals surface area contributed by atoms with E-state index in [4.69, 9.17) is 0 Å². The first-order chi connectivity index (χ1) is 18.8. The van der Waals surface area contributed by atoms with Gasteiger partial charge in [0.15, 0.2) is 5.78 Å². The molecule has 5 rings (SSSR count). The number of phenols is 1. The minimum absolute atomic E-state index is 0.00795. The van der Waals surface area contributed by atoms with Crippen LogP contribution in [-0.4, -0.2) is 39.3 Å². The van der Waals surface area contributed by atoms with Crippen molar-refractivity contribution in [3.63, 3.8) is 0 Å². The molecule has 3 aromatic carbocycles. The van der Waals surface area contributed by atoms with Crippen LogP contribution in [0, 0.1) is 11.8 Å². The third-order valence-corrected chi connectivity index (χ3v) is 7.56. The number of alkyl halides is 3. The van der Waals surface area contributed by atoms with Crippen molar-refractivity contribution < 1.29 is 42.6 Å². The molecule has 0 aromatic heterocycles. The largest absolute Gasteiger partial charge is 0.508 e. The van der Waals surface area contributed by atoms with Gasteiger partial charge in [0.2, 0.25) is 11.8 Å². The molecule has 4 atom stereocenters. The third kappa shape index (κ3) is 4.41. The number of carbonyl (C=O) groups excluding carboxylic acids is 3. The summed E-state index contributed by atoms with van der Waals surface area (Å²) in [5, 5.41) is 23.1. The number of anilines is 1. The van der Waals surface area contributed by atoms with Gasteiger partial charge < -0.3 is 10.2 Å². The SMILES string of the molecule is CC(=O)c1ccc(N2C(=O)C3C(c4cccc(C(F)(F)F)c4)NC(Cc4ccc(O)cc4)(C(=O)O)C3C2=O)cc1. The van der Waals surface area contributed by atoms with Crippen molar-refractivity contribution in [1.29, 1.82) is 0 Å². The van der Waals surface area contributed by atoms with E-state index in [1.165, 1.54) is 61.5 Å². The number of hydrogen-bond acceptors (Lipinski definition) is 6. The van der Waals surface area contributed by atoms with E-state index in [2.05, 4.69) is 5.32 Å². The summed E-state index contributed by atoms with van der Waals surface area (Å²) in [6.45, 7) is 1.35. The van der Waals surface area contributed by atoms with Gasteiger partial charge in [0.1, 0.15) is 11.3 Å². The number of halogens is 3. The van der Waals surface area contributed by atoms with E-state index in [1.54, 1.807) is 0 Å². The number of amides is 2. The monoisotopic (exact) mass is 552 g/mol. The Bertz CT molecular complexity index is 1520. The van der Waals surface area contributed by atoms with E-state index >= 15 is 0 Å². The number of nitrogens with one attached hydrogen (secondary N) is 1. The first kappa shape index (κ1) is 27.1. The molecule has 3 N–H and O–H groups in total. The highest BCUT2D eigenvalue weighted by Crippen LogP contribution is 2.51. The molecule has 3 aromatic rings. The Hall–Kier alpha value is -4.51. The van der Waals surface area contributed by atoms with Crippen molar-refractivity contribution in [1.82, 2.24) is 5.32 Å². The van der Waals surface area contributed by atoms with Crippen LogP contribution in [0.4, 0.5) is 18.9 Å². The second-order valence-corrected chi connectivity index (χ2v) is 9.98. The number of Topliss-reactive ketones (excluding diaryl/α,β-unsaturated/α-hetero) is 1. The van der Waals surface area contributed by atoms with E-state index in [0.717, 1.165) is 23.1 Å². The molecule has 206 valence electrons. The molecule has 2 saturated heterocycles. The maximum absolute atomic E-state index is 13.9. The average molecular weight is 553 g/mol. The lowest BCUT2D eigenvalue weighted by Crippen LogP contribution is -2.57. The topological polar surface area (TPSA) is 124 Å². The maximum Gasteiger partial charge on any atom is 0.416 e. The van der Waals surface area contributed by atoms with Crippen molar-refractivity contribution in [3.05, 3.63) is 95.1 Å². The average Bonchev–Trinajstić information content (AvgIpc) is 3.39. The van der Waals surface area contributed by atoms with Crippen LogP contribution in [0.2, 0.25) is 0 Å². The highest BCUT2D eigenvalue weighted by Gasteiger charge is 2.68. The van der Waals surface area contributed by atoms with Gasteiger partial charge in [0.05, 0.1) is 23.1 Å². The van der Waals surface area contributed by atoms with Crippen LogP contribution < -0.4 is 10.2 Å². The van der Waals surface area contributed by atoms with Crippen LogP contribution >= 0.6 is 0 Å². The fourth-order valence-corrected chi connectivity index (χ4v) is 5.67. The Morgan fingerprint density at radius 1 is 0.975 bits per heavy atom. The number of carboxylic acids is 1. The Morgan fingerprint density at radius 2 is 1.62 bits per heavy atom. The number of carboxylic acid groups (broad SMARTS) is 1. The number of nitrogens with zero attached hydrogens (tertiary/aromatic N) is 1. The molecule has 4 unspecified atom stereocenters. The first-order valence-corrected chi connectivity index (χ1v) is 12.3. The molecule has 0 spiro atoms. The summed E-state index contributed by atoms with van der Waals surface area (Å²) in [6.07, 6.45) is -4.99. The number of benzene rings is 3. The molecule has 2 heterocycles. The summed E-state index contributed by atoms with van der Waals surface area (Å²) in [6, 6.07) is 14.2. The van der Waals surface area contributed by atoms with Gasteiger partial charge in [-0.05, 0) is 66.6 Å². The lowest BCUT2D eigenvalue weighted by Gasteiger charge is -2.31. The molecule has 0 bridgehead atoms. The van der Waals surface area contributed by atoms with Gasteiger partial charge in [-0.15, -0.1) is 0 Å². The summed E-state index contributed by atoms with van der Waals surface area (Å²) in [5.41, 5.74) is -2.18. The quantitative estimate of drug-likeness (QED) is 0.310. The lowest BCUT2D eigenvalue weighted by atomic mass is 9.76. The van der Waals surface area contributed by atoms with E-state index in [0.29, 0.717) is 11.1 Å². The Morgan fingerprint density at radius 3 is 2.20 bits per heavy atom. The van der Waals surface area contributed by atoms with E-state index < -0.39 is 52.9 Å². The van der Waals surface area contributed by atoms with Gasteiger partial charge in [-0.1, -0.05) is 24.3 Å². The van der Waals surface area contributed by atoms with Crippen LogP contribution in [0.5, 0.6) is 5.75 Å². The molecular weight excluding hydrogens is 529 g/mol. The van der Waals surface area contributed by atoms with Crippen LogP contribution in [-0.2, 0) is 27.0 Å². The van der Waals surface area contributed by atoms with Crippen LogP contribution in [0.15, 0.2) is 72.8 Å². The zero-order chi connectivity index (χ0) is 29.0. The lowest BCUT2D eigenvalue weighted by molar-refractivity contribution is -0.148. The van der Waals surface area contributed by atoms with E-state index in [-0.39, 0.29) is 29.2 Å². The van der Waals surface area contributed by atoms with Gasteiger partial charge >= 0.3 is 12.1 Å². The third-order valence-electron chi connectivity index (χ3n) is 7.56. The Labute approximate surface area is 226 Å². The molecule has 2 aliphatic heterocycles. The molecular formula is C29H23F3N2O6. The molecule has 0 aliphatic carbocycles. The fourth-order valence-electron chi connectivity index (χ4n) is 5.67. The van der Waals surface area contributed by atoms with Gasteiger partial charge in [-0.2, -0.15) is 13.2 Å². The van der Waals surface area contributed by atoms with Gasteiger partial charge in [0, 0.05) is 18.0 Å². The van der Waals surface area contributed by atoms with Gasteiger partial charge in [0.25, 0.3) is 0 Å². The number of aliphatic carboxylic acids is 1. The predicted molar refractivity (Wildman–Crippen MR) is 135 cm³/mol. The first-order valence-electron chi connectivity index (χ1n) is 12.3. The van der Waals surface area contributed by atoms with Crippen LogP contribution in [0.1, 0.15) is 40.0 Å². The number of rotatable bonds is 6. The van der Waals surface area contributed by atoms with E-state index in [1.807, 2.05) is 0 Å². The predicted octanol–water partition coefficient (Wildman–Crippen LogP) is 4.13. The summed E-state index contributed by atoms with van der Waals surface area (Å²) in [4.78, 5) is 53.2. The Kier molecular flexibility index (Phi) is 6.49. The number of aromatic hydroxyl groups is 1. The molecule has 2 aliphatic rings. The highest BCUT2D eigenvalue weighted by molar-refractivity contribution is 6.24. The number of imide groups is 1. The van der Waals surface area contributed by atoms with Crippen molar-refractivity contribution in [3.8, 4) is 5.75 Å². The maximum atomic E-state index is 13.9. The summed E-state index contributed by atoms with van der Waals surface area (Å²) in [5.74, 6) is -6.17. The Balaban J connectivity index is 1.65. The zero-order valence-corrected chi connectivity index (χ0v) is 21.0. The molecule has 8 nitrogen and oxygen atoms in total. The van der Waals surface area contributed by atoms with Crippen molar-refractivity contribution in [2.75, 3.05) is 4.90 Å². The van der Waals surface area contributed by atoms with Crippen molar-refractivity contribution >= 4 is 29.3 Å². The minimum atomic E-state index is -4.69.